The molecule has 6 heteroatoms. The van der Waals surface area contributed by atoms with Crippen LogP contribution in [0.3, 0.4) is 0 Å². The normalized spacial score (nSPS) is 10.3. The van der Waals surface area contributed by atoms with E-state index in [1.54, 1.807) is 19.2 Å². The first kappa shape index (κ1) is 13.8. The van der Waals surface area contributed by atoms with Crippen LogP contribution >= 0.6 is 23.2 Å². The molecule has 0 saturated heterocycles. The minimum Gasteiger partial charge on any atom is -0.319 e. The number of nitrogens with zero attached hydrogens (tertiary/aromatic N) is 1. The molecule has 0 spiro atoms. The first-order valence-electron chi connectivity index (χ1n) is 5.36. The summed E-state index contributed by atoms with van der Waals surface area (Å²) in [5, 5.41) is 2.66. The first-order valence-corrected chi connectivity index (χ1v) is 6.12. The summed E-state index contributed by atoms with van der Waals surface area (Å²) in [6.45, 7) is 1.80. The van der Waals surface area contributed by atoms with Crippen molar-refractivity contribution in [2.75, 3.05) is 5.32 Å². The number of aryl methyl sites for hydroxylation is 1. The second-order valence-corrected chi connectivity index (χ2v) is 4.67. The summed E-state index contributed by atoms with van der Waals surface area (Å²) in [6, 6.07) is 5.67. The minimum atomic E-state index is -0.693. The van der Waals surface area contributed by atoms with Crippen LogP contribution in [0.4, 0.5) is 10.1 Å². The number of nitrogens with one attached hydrogen (secondary N) is 1. The molecule has 0 unspecified atom stereocenters. The molecule has 0 radical (unpaired) electrons. The molecule has 3 nitrogen and oxygen atoms in total. The molecule has 0 atom stereocenters. The fourth-order valence-electron chi connectivity index (χ4n) is 1.54. The third-order valence-electron chi connectivity index (χ3n) is 2.41. The number of halogens is 3. The molecular formula is C13H9Cl2FN2O. The number of aromatic nitrogens is 1. The highest BCUT2D eigenvalue weighted by atomic mass is 35.5. The zero-order chi connectivity index (χ0) is 14.0. The van der Waals surface area contributed by atoms with Crippen LogP contribution in [0.2, 0.25) is 10.2 Å². The molecule has 0 saturated carbocycles. The van der Waals surface area contributed by atoms with E-state index < -0.39 is 11.7 Å². The number of rotatable bonds is 2. The SMILES string of the molecule is Cc1cnc(Cl)c(NC(=O)c2c(F)cccc2Cl)c1. The zero-order valence-corrected chi connectivity index (χ0v) is 11.4. The summed E-state index contributed by atoms with van der Waals surface area (Å²) in [4.78, 5) is 15.9. The van der Waals surface area contributed by atoms with Crippen molar-refractivity contribution in [2.45, 2.75) is 6.92 Å². The molecule has 0 bridgehead atoms. The van der Waals surface area contributed by atoms with Gasteiger partial charge in [-0.2, -0.15) is 0 Å². The molecule has 1 aromatic heterocycles. The Morgan fingerprint density at radius 2 is 2.11 bits per heavy atom. The van der Waals surface area contributed by atoms with E-state index in [0.29, 0.717) is 5.69 Å². The van der Waals surface area contributed by atoms with Crippen LogP contribution in [-0.4, -0.2) is 10.9 Å². The van der Waals surface area contributed by atoms with E-state index in [9.17, 15) is 9.18 Å². The smallest absolute Gasteiger partial charge is 0.260 e. The van der Waals surface area contributed by atoms with E-state index in [-0.39, 0.29) is 15.7 Å². The van der Waals surface area contributed by atoms with Crippen LogP contribution < -0.4 is 5.32 Å². The Hall–Kier alpha value is -1.65. The molecule has 2 rings (SSSR count). The van der Waals surface area contributed by atoms with Crippen molar-refractivity contribution in [1.29, 1.82) is 0 Å². The highest BCUT2D eigenvalue weighted by Crippen LogP contribution is 2.24. The number of anilines is 1. The van der Waals surface area contributed by atoms with Crippen molar-refractivity contribution in [3.05, 3.63) is 57.6 Å². The number of hydrogen-bond acceptors (Lipinski definition) is 2. The van der Waals surface area contributed by atoms with Gasteiger partial charge in [-0.1, -0.05) is 29.3 Å². The molecule has 1 N–H and O–H groups in total. The molecule has 1 amide bonds. The van der Waals surface area contributed by atoms with Gasteiger partial charge >= 0.3 is 0 Å². The summed E-state index contributed by atoms with van der Waals surface area (Å²) in [5.41, 5.74) is 0.909. The van der Waals surface area contributed by atoms with E-state index in [4.69, 9.17) is 23.2 Å². The standard InChI is InChI=1S/C13H9Cl2FN2O/c1-7-5-10(12(15)17-6-7)18-13(19)11-8(14)3-2-4-9(11)16/h2-6H,1H3,(H,18,19). The van der Waals surface area contributed by atoms with E-state index in [1.165, 1.54) is 12.1 Å². The summed E-state index contributed by atoms with van der Waals surface area (Å²) >= 11 is 11.7. The van der Waals surface area contributed by atoms with Gasteiger partial charge in [0.2, 0.25) is 0 Å². The molecule has 0 aliphatic rings. The Kier molecular flexibility index (Phi) is 4.02. The molecule has 2 aromatic rings. The van der Waals surface area contributed by atoms with Crippen LogP contribution in [0.25, 0.3) is 0 Å². The van der Waals surface area contributed by atoms with E-state index in [2.05, 4.69) is 10.3 Å². The van der Waals surface area contributed by atoms with Crippen LogP contribution in [0.5, 0.6) is 0 Å². The fraction of sp³-hybridized carbons (Fsp3) is 0.0769. The lowest BCUT2D eigenvalue weighted by Gasteiger charge is -2.09. The van der Waals surface area contributed by atoms with Crippen molar-refractivity contribution in [1.82, 2.24) is 4.98 Å². The van der Waals surface area contributed by atoms with Gasteiger partial charge in [0.05, 0.1) is 16.3 Å². The molecule has 0 aliphatic carbocycles. The van der Waals surface area contributed by atoms with Gasteiger partial charge in [0.1, 0.15) is 5.82 Å². The van der Waals surface area contributed by atoms with Gasteiger partial charge in [0.25, 0.3) is 5.91 Å². The lowest BCUT2D eigenvalue weighted by atomic mass is 10.2. The number of amides is 1. The van der Waals surface area contributed by atoms with E-state index in [1.807, 2.05) is 0 Å². The fourth-order valence-corrected chi connectivity index (χ4v) is 1.94. The van der Waals surface area contributed by atoms with Crippen molar-refractivity contribution in [3.8, 4) is 0 Å². The molecule has 19 heavy (non-hydrogen) atoms. The van der Waals surface area contributed by atoms with Crippen molar-refractivity contribution < 1.29 is 9.18 Å². The Balaban J connectivity index is 2.34. The molecule has 1 heterocycles. The summed E-state index contributed by atoms with van der Waals surface area (Å²) < 4.78 is 13.6. The van der Waals surface area contributed by atoms with Gasteiger partial charge < -0.3 is 5.32 Å². The lowest BCUT2D eigenvalue weighted by Crippen LogP contribution is -2.15. The molecule has 1 aromatic carbocycles. The predicted molar refractivity (Wildman–Crippen MR) is 73.3 cm³/mol. The zero-order valence-electron chi connectivity index (χ0n) is 9.88. The van der Waals surface area contributed by atoms with Gasteiger partial charge in [-0.3, -0.25) is 4.79 Å². The Morgan fingerprint density at radius 1 is 1.37 bits per heavy atom. The number of benzene rings is 1. The van der Waals surface area contributed by atoms with Gasteiger partial charge in [0, 0.05) is 6.20 Å². The maximum absolute atomic E-state index is 13.6. The average molecular weight is 299 g/mol. The third kappa shape index (κ3) is 3.03. The Morgan fingerprint density at radius 3 is 2.79 bits per heavy atom. The first-order chi connectivity index (χ1) is 8.99. The molecule has 98 valence electrons. The maximum atomic E-state index is 13.6. The Labute approximate surface area is 119 Å². The summed E-state index contributed by atoms with van der Waals surface area (Å²) in [7, 11) is 0. The highest BCUT2D eigenvalue weighted by Gasteiger charge is 2.17. The van der Waals surface area contributed by atoms with E-state index >= 15 is 0 Å². The number of hydrogen-bond donors (Lipinski definition) is 1. The van der Waals surface area contributed by atoms with E-state index in [0.717, 1.165) is 11.6 Å². The molecule has 0 aliphatic heterocycles. The van der Waals surface area contributed by atoms with Crippen molar-refractivity contribution in [2.24, 2.45) is 0 Å². The van der Waals surface area contributed by atoms with Crippen LogP contribution in [0.15, 0.2) is 30.5 Å². The van der Waals surface area contributed by atoms with Crippen molar-refractivity contribution >= 4 is 34.8 Å². The van der Waals surface area contributed by atoms with Crippen LogP contribution in [0.1, 0.15) is 15.9 Å². The van der Waals surface area contributed by atoms with Gasteiger partial charge in [-0.05, 0) is 30.7 Å². The topological polar surface area (TPSA) is 42.0 Å². The average Bonchev–Trinajstić information content (AvgIpc) is 2.33. The second kappa shape index (κ2) is 5.55. The van der Waals surface area contributed by atoms with Gasteiger partial charge in [-0.25, -0.2) is 9.37 Å². The second-order valence-electron chi connectivity index (χ2n) is 3.90. The van der Waals surface area contributed by atoms with Crippen LogP contribution in [0, 0.1) is 12.7 Å². The van der Waals surface area contributed by atoms with Crippen molar-refractivity contribution in [3.63, 3.8) is 0 Å². The number of pyridine rings is 1. The largest absolute Gasteiger partial charge is 0.319 e. The number of carbonyl (C=O) groups is 1. The maximum Gasteiger partial charge on any atom is 0.260 e. The monoisotopic (exact) mass is 298 g/mol. The molecular weight excluding hydrogens is 290 g/mol. The summed E-state index contributed by atoms with van der Waals surface area (Å²) in [5.74, 6) is -1.36. The summed E-state index contributed by atoms with van der Waals surface area (Å²) in [6.07, 6.45) is 1.56. The number of carbonyl (C=O) groups excluding carboxylic acids is 1. The predicted octanol–water partition coefficient (Wildman–Crippen LogP) is 4.09. The quantitative estimate of drug-likeness (QED) is 0.849. The lowest BCUT2D eigenvalue weighted by molar-refractivity contribution is 0.102. The van der Waals surface area contributed by atoms with Gasteiger partial charge in [-0.15, -0.1) is 0 Å². The highest BCUT2D eigenvalue weighted by molar-refractivity contribution is 6.35. The molecule has 0 fully saturated rings. The third-order valence-corrected chi connectivity index (χ3v) is 3.03. The Bertz CT molecular complexity index is 626. The minimum absolute atomic E-state index is 0.0363. The van der Waals surface area contributed by atoms with Gasteiger partial charge in [0.15, 0.2) is 5.15 Å². The van der Waals surface area contributed by atoms with Crippen LogP contribution in [-0.2, 0) is 0 Å².